The number of hydrogen-bond donors (Lipinski definition) is 2. The molecule has 0 radical (unpaired) electrons. The summed E-state index contributed by atoms with van der Waals surface area (Å²) in [5.74, 6) is 1.96. The fourth-order valence-electron chi connectivity index (χ4n) is 2.52. The number of nitrogens with one attached hydrogen (secondary N) is 2. The van der Waals surface area contributed by atoms with Gasteiger partial charge in [0.05, 0.1) is 18.1 Å². The zero-order valence-electron chi connectivity index (χ0n) is 12.8. The van der Waals surface area contributed by atoms with E-state index < -0.39 is 0 Å². The van der Waals surface area contributed by atoms with E-state index in [1.165, 1.54) is 5.56 Å². The second-order valence-corrected chi connectivity index (χ2v) is 5.33. The Bertz CT molecular complexity index is 703. The van der Waals surface area contributed by atoms with E-state index in [1.54, 1.807) is 7.11 Å². The third-order valence-corrected chi connectivity index (χ3v) is 3.67. The molecule has 0 saturated heterocycles. The molecule has 0 fully saturated rings. The normalized spacial score (nSPS) is 11.0. The molecule has 0 saturated carbocycles. The van der Waals surface area contributed by atoms with Gasteiger partial charge in [-0.05, 0) is 42.8 Å². The molecule has 0 spiro atoms. The zero-order valence-corrected chi connectivity index (χ0v) is 12.8. The second-order valence-electron chi connectivity index (χ2n) is 5.33. The van der Waals surface area contributed by atoms with E-state index in [4.69, 9.17) is 4.74 Å². The molecule has 2 aromatic carbocycles. The van der Waals surface area contributed by atoms with Crippen molar-refractivity contribution in [3.8, 4) is 5.75 Å². The summed E-state index contributed by atoms with van der Waals surface area (Å²) in [5.41, 5.74) is 3.40. The van der Waals surface area contributed by atoms with Gasteiger partial charge in [0.2, 0.25) is 0 Å². The summed E-state index contributed by atoms with van der Waals surface area (Å²) < 4.78 is 5.23. The second kappa shape index (κ2) is 7.09. The molecule has 0 aliphatic heterocycles. The van der Waals surface area contributed by atoms with Crippen molar-refractivity contribution in [3.63, 3.8) is 0 Å². The van der Waals surface area contributed by atoms with Crippen LogP contribution >= 0.6 is 0 Å². The Labute approximate surface area is 130 Å². The summed E-state index contributed by atoms with van der Waals surface area (Å²) in [4.78, 5) is 7.96. The molecule has 0 aliphatic rings. The van der Waals surface area contributed by atoms with Crippen LogP contribution in [0.15, 0.2) is 48.5 Å². The number of hydrogen-bond acceptors (Lipinski definition) is 3. The number of fused-ring (bicyclic) bond motifs is 1. The molecule has 0 unspecified atom stereocenters. The van der Waals surface area contributed by atoms with Gasteiger partial charge >= 0.3 is 0 Å². The predicted octanol–water partition coefficient (Wildman–Crippen LogP) is 3.29. The number of methoxy groups -OCH3 is 1. The number of rotatable bonds is 7. The molecule has 0 atom stereocenters. The van der Waals surface area contributed by atoms with Crippen molar-refractivity contribution in [2.24, 2.45) is 0 Å². The quantitative estimate of drug-likeness (QED) is 0.658. The van der Waals surface area contributed by atoms with Gasteiger partial charge in [0, 0.05) is 13.0 Å². The van der Waals surface area contributed by atoms with Gasteiger partial charge in [-0.25, -0.2) is 4.98 Å². The summed E-state index contributed by atoms with van der Waals surface area (Å²) in [6.07, 6.45) is 2.02. The molecule has 4 nitrogen and oxygen atoms in total. The smallest absolute Gasteiger partial charge is 0.119 e. The lowest BCUT2D eigenvalue weighted by atomic mass is 10.2. The van der Waals surface area contributed by atoms with Crippen LogP contribution in [0.4, 0.5) is 0 Å². The van der Waals surface area contributed by atoms with Crippen LogP contribution < -0.4 is 10.1 Å². The minimum Gasteiger partial charge on any atom is -0.497 e. The molecule has 0 bridgehead atoms. The predicted molar refractivity (Wildman–Crippen MR) is 89.1 cm³/mol. The van der Waals surface area contributed by atoms with Crippen molar-refractivity contribution >= 4 is 11.0 Å². The van der Waals surface area contributed by atoms with E-state index in [2.05, 4.69) is 33.5 Å². The topological polar surface area (TPSA) is 49.9 Å². The molecule has 114 valence electrons. The molecular formula is C18H21N3O. The number of aromatic nitrogens is 2. The highest BCUT2D eigenvalue weighted by Crippen LogP contribution is 2.13. The lowest BCUT2D eigenvalue weighted by Gasteiger charge is -2.06. The summed E-state index contributed by atoms with van der Waals surface area (Å²) in [5, 5.41) is 3.46. The van der Waals surface area contributed by atoms with Crippen LogP contribution in [-0.2, 0) is 13.0 Å². The number of aromatic amines is 1. The van der Waals surface area contributed by atoms with Crippen molar-refractivity contribution in [1.82, 2.24) is 15.3 Å². The highest BCUT2D eigenvalue weighted by molar-refractivity contribution is 5.74. The average molecular weight is 295 g/mol. The third kappa shape index (κ3) is 3.65. The Kier molecular flexibility index (Phi) is 4.71. The fourth-order valence-corrected chi connectivity index (χ4v) is 2.52. The van der Waals surface area contributed by atoms with Crippen LogP contribution in [-0.4, -0.2) is 23.6 Å². The lowest BCUT2D eigenvalue weighted by Crippen LogP contribution is -2.15. The van der Waals surface area contributed by atoms with Gasteiger partial charge in [0.25, 0.3) is 0 Å². The highest BCUT2D eigenvalue weighted by atomic mass is 16.5. The summed E-state index contributed by atoms with van der Waals surface area (Å²) in [6.45, 7) is 1.82. The maximum atomic E-state index is 5.23. The molecule has 1 heterocycles. The van der Waals surface area contributed by atoms with E-state index >= 15 is 0 Å². The van der Waals surface area contributed by atoms with Crippen LogP contribution in [0, 0.1) is 0 Å². The van der Waals surface area contributed by atoms with Gasteiger partial charge in [-0.3, -0.25) is 0 Å². The van der Waals surface area contributed by atoms with Gasteiger partial charge in [-0.2, -0.15) is 0 Å². The van der Waals surface area contributed by atoms with Crippen LogP contribution in [0.5, 0.6) is 5.75 Å². The largest absolute Gasteiger partial charge is 0.497 e. The van der Waals surface area contributed by atoms with Gasteiger partial charge < -0.3 is 15.0 Å². The van der Waals surface area contributed by atoms with Gasteiger partial charge in [-0.15, -0.1) is 0 Å². The number of benzene rings is 2. The number of para-hydroxylation sites is 2. The summed E-state index contributed by atoms with van der Waals surface area (Å²) >= 11 is 0. The zero-order chi connectivity index (χ0) is 15.2. The van der Waals surface area contributed by atoms with Crippen LogP contribution in [0.1, 0.15) is 17.8 Å². The first kappa shape index (κ1) is 14.6. The van der Waals surface area contributed by atoms with Crippen LogP contribution in [0.2, 0.25) is 0 Å². The van der Waals surface area contributed by atoms with Crippen LogP contribution in [0.3, 0.4) is 0 Å². The minimum absolute atomic E-state index is 0.858. The van der Waals surface area contributed by atoms with Gasteiger partial charge in [-0.1, -0.05) is 24.3 Å². The maximum Gasteiger partial charge on any atom is 0.119 e. The Balaban J connectivity index is 1.43. The number of nitrogens with zero attached hydrogens (tertiary/aromatic N) is 1. The molecular weight excluding hydrogens is 274 g/mol. The number of ether oxygens (including phenoxy) is 1. The van der Waals surface area contributed by atoms with E-state index in [-0.39, 0.29) is 0 Å². The summed E-state index contributed by atoms with van der Waals surface area (Å²) in [7, 11) is 1.69. The molecule has 22 heavy (non-hydrogen) atoms. The molecule has 2 N–H and O–H groups in total. The SMILES string of the molecule is COc1cccc(CNCCCc2nc3ccccc3[nH]2)c1. The van der Waals surface area contributed by atoms with Crippen molar-refractivity contribution < 1.29 is 4.74 Å². The molecule has 4 heteroatoms. The van der Waals surface area contributed by atoms with Crippen LogP contribution in [0.25, 0.3) is 11.0 Å². The Morgan fingerprint density at radius 3 is 2.91 bits per heavy atom. The molecule has 0 amide bonds. The first-order valence-electron chi connectivity index (χ1n) is 7.62. The highest BCUT2D eigenvalue weighted by Gasteiger charge is 2.01. The Hall–Kier alpha value is -2.33. The van der Waals surface area contributed by atoms with E-state index in [9.17, 15) is 0 Å². The Morgan fingerprint density at radius 2 is 2.05 bits per heavy atom. The Morgan fingerprint density at radius 1 is 1.14 bits per heavy atom. The first-order chi connectivity index (χ1) is 10.8. The third-order valence-electron chi connectivity index (χ3n) is 3.67. The number of H-pyrrole nitrogens is 1. The molecule has 0 aliphatic carbocycles. The first-order valence-corrected chi connectivity index (χ1v) is 7.62. The summed E-state index contributed by atoms with van der Waals surface area (Å²) in [6, 6.07) is 16.3. The number of aryl methyl sites for hydroxylation is 1. The molecule has 3 rings (SSSR count). The molecule has 1 aromatic heterocycles. The maximum absolute atomic E-state index is 5.23. The lowest BCUT2D eigenvalue weighted by molar-refractivity contribution is 0.414. The van der Waals surface area contributed by atoms with Crippen molar-refractivity contribution in [2.75, 3.05) is 13.7 Å². The van der Waals surface area contributed by atoms with Gasteiger partial charge in [0.15, 0.2) is 0 Å². The van der Waals surface area contributed by atoms with Crippen molar-refractivity contribution in [3.05, 3.63) is 59.9 Å². The van der Waals surface area contributed by atoms with Crippen molar-refractivity contribution in [1.29, 1.82) is 0 Å². The van der Waals surface area contributed by atoms with E-state index in [0.29, 0.717) is 0 Å². The fraction of sp³-hybridized carbons (Fsp3) is 0.278. The monoisotopic (exact) mass is 295 g/mol. The number of imidazole rings is 1. The van der Waals surface area contributed by atoms with Crippen molar-refractivity contribution in [2.45, 2.75) is 19.4 Å². The minimum atomic E-state index is 0.858. The van der Waals surface area contributed by atoms with E-state index in [0.717, 1.165) is 48.5 Å². The van der Waals surface area contributed by atoms with E-state index in [1.807, 2.05) is 30.3 Å². The average Bonchev–Trinajstić information content (AvgIpc) is 2.97. The molecule has 3 aromatic rings. The van der Waals surface area contributed by atoms with Gasteiger partial charge in [0.1, 0.15) is 11.6 Å². The standard InChI is InChI=1S/C18H21N3O/c1-22-15-7-4-6-14(12-15)13-19-11-5-10-18-20-16-8-2-3-9-17(16)21-18/h2-4,6-9,12,19H,5,10-11,13H2,1H3,(H,20,21).